The van der Waals surface area contributed by atoms with Crippen LogP contribution < -0.4 is 9.47 Å². The van der Waals surface area contributed by atoms with Gasteiger partial charge in [-0.2, -0.15) is 5.10 Å². The maximum absolute atomic E-state index is 10.6. The van der Waals surface area contributed by atoms with Crippen LogP contribution in [-0.4, -0.2) is 15.3 Å². The quantitative estimate of drug-likeness (QED) is 0.471. The number of phenols is 1. The Morgan fingerprint density at radius 2 is 1.61 bits per heavy atom. The Morgan fingerprint density at radius 1 is 0.893 bits per heavy atom. The fourth-order valence-corrected chi connectivity index (χ4v) is 2.88. The highest BCUT2D eigenvalue weighted by molar-refractivity contribution is 5.74. The molecule has 1 heterocycles. The van der Waals surface area contributed by atoms with Crippen molar-refractivity contribution in [2.75, 3.05) is 0 Å². The molecular weight excluding hydrogens is 352 g/mol. The summed E-state index contributed by atoms with van der Waals surface area (Å²) >= 11 is 0. The van der Waals surface area contributed by atoms with Crippen molar-refractivity contribution in [3.63, 3.8) is 0 Å². The minimum absolute atomic E-state index is 0.0787. The molecule has 0 bridgehead atoms. The molecule has 4 aromatic rings. The first-order valence-electron chi connectivity index (χ1n) is 8.98. The molecule has 0 amide bonds. The first-order valence-corrected chi connectivity index (χ1v) is 8.98. The van der Waals surface area contributed by atoms with E-state index >= 15 is 0 Å². The van der Waals surface area contributed by atoms with Crippen LogP contribution >= 0.6 is 0 Å². The number of H-pyrrole nitrogens is 1. The molecule has 2 N–H and O–H groups in total. The van der Waals surface area contributed by atoms with Crippen LogP contribution in [0.4, 0.5) is 0 Å². The molecule has 0 radical (unpaired) electrons. The lowest BCUT2D eigenvalue weighted by Gasteiger charge is -2.10. The average Bonchev–Trinajstić information content (AvgIpc) is 3.08. The van der Waals surface area contributed by atoms with E-state index in [9.17, 15) is 5.11 Å². The van der Waals surface area contributed by atoms with Crippen molar-refractivity contribution < 1.29 is 14.6 Å². The third-order valence-electron chi connectivity index (χ3n) is 4.33. The van der Waals surface area contributed by atoms with Crippen LogP contribution in [0.15, 0.2) is 78.9 Å². The topological polar surface area (TPSA) is 67.4 Å². The molecule has 0 fully saturated rings. The molecular formula is C23H20N2O3. The smallest absolute Gasteiger partial charge is 0.176 e. The van der Waals surface area contributed by atoms with Gasteiger partial charge in [0.15, 0.2) is 5.75 Å². The monoisotopic (exact) mass is 372 g/mol. The van der Waals surface area contributed by atoms with Gasteiger partial charge in [0.05, 0.1) is 5.69 Å². The number of aryl methyl sites for hydroxylation is 1. The Hall–Kier alpha value is -3.73. The number of ether oxygens (including phenoxy) is 2. The summed E-state index contributed by atoms with van der Waals surface area (Å²) in [6.07, 6.45) is 0. The number of aromatic amines is 1. The van der Waals surface area contributed by atoms with Gasteiger partial charge in [-0.05, 0) is 36.8 Å². The molecule has 0 atom stereocenters. The number of hydrogen-bond donors (Lipinski definition) is 2. The number of nitrogens with one attached hydrogen (secondary N) is 1. The minimum Gasteiger partial charge on any atom is -0.507 e. The second kappa shape index (κ2) is 7.88. The lowest BCUT2D eigenvalue weighted by atomic mass is 10.1. The van der Waals surface area contributed by atoms with Gasteiger partial charge >= 0.3 is 0 Å². The summed E-state index contributed by atoms with van der Waals surface area (Å²) in [6.45, 7) is 2.31. The fourth-order valence-electron chi connectivity index (χ4n) is 2.88. The van der Waals surface area contributed by atoms with Crippen LogP contribution in [0.1, 0.15) is 11.3 Å². The Balaban J connectivity index is 1.56. The van der Waals surface area contributed by atoms with Gasteiger partial charge in [0.25, 0.3) is 0 Å². The first kappa shape index (κ1) is 17.7. The molecule has 5 nitrogen and oxygen atoms in total. The lowest BCUT2D eigenvalue weighted by Crippen LogP contribution is -1.95. The van der Waals surface area contributed by atoms with Crippen LogP contribution in [0.3, 0.4) is 0 Å². The zero-order valence-electron chi connectivity index (χ0n) is 15.4. The molecule has 5 heteroatoms. The molecule has 4 rings (SSSR count). The van der Waals surface area contributed by atoms with Gasteiger partial charge in [-0.25, -0.2) is 0 Å². The number of aromatic nitrogens is 2. The van der Waals surface area contributed by atoms with Crippen LogP contribution in [-0.2, 0) is 6.61 Å². The van der Waals surface area contributed by atoms with E-state index in [1.54, 1.807) is 12.1 Å². The molecule has 0 aliphatic rings. The molecule has 0 aliphatic heterocycles. The number of nitrogens with zero attached hydrogens (tertiary/aromatic N) is 1. The van der Waals surface area contributed by atoms with Crippen molar-refractivity contribution in [3.05, 3.63) is 90.1 Å². The number of phenolic OH excluding ortho intramolecular Hbond substituents is 1. The fraction of sp³-hybridized carbons (Fsp3) is 0.0870. The standard InChI is InChI=1S/C23H20N2O3/c1-16-23(28-18-10-6-3-7-11-18)22(25-24-16)20-13-12-19(14-21(20)26)27-15-17-8-4-2-5-9-17/h2-14,26H,15H2,1H3,(H,24,25). The summed E-state index contributed by atoms with van der Waals surface area (Å²) < 4.78 is 11.8. The number of aromatic hydroxyl groups is 1. The Morgan fingerprint density at radius 3 is 2.32 bits per heavy atom. The molecule has 3 aromatic carbocycles. The highest BCUT2D eigenvalue weighted by Gasteiger charge is 2.18. The summed E-state index contributed by atoms with van der Waals surface area (Å²) in [6, 6.07) is 24.5. The van der Waals surface area contributed by atoms with Crippen molar-refractivity contribution in [2.24, 2.45) is 0 Å². The number of hydrogen-bond acceptors (Lipinski definition) is 4. The van der Waals surface area contributed by atoms with E-state index in [0.717, 1.165) is 11.3 Å². The van der Waals surface area contributed by atoms with Gasteiger partial charge in [0.1, 0.15) is 29.5 Å². The van der Waals surface area contributed by atoms with E-state index < -0.39 is 0 Å². The normalized spacial score (nSPS) is 10.6. The predicted octanol–water partition coefficient (Wildman–Crippen LogP) is 5.46. The third-order valence-corrected chi connectivity index (χ3v) is 4.33. The summed E-state index contributed by atoms with van der Waals surface area (Å²) in [5.41, 5.74) is 2.96. The van der Waals surface area contributed by atoms with Crippen molar-refractivity contribution in [1.82, 2.24) is 10.2 Å². The summed E-state index contributed by atoms with van der Waals surface area (Å²) in [7, 11) is 0. The Kier molecular flexibility index (Phi) is 4.97. The molecule has 0 saturated heterocycles. The van der Waals surface area contributed by atoms with Gasteiger partial charge in [-0.1, -0.05) is 48.5 Å². The maximum atomic E-state index is 10.6. The van der Waals surface area contributed by atoms with Gasteiger partial charge in [-0.3, -0.25) is 5.10 Å². The molecule has 0 saturated carbocycles. The van der Waals surface area contributed by atoms with Crippen LogP contribution in [0.2, 0.25) is 0 Å². The minimum atomic E-state index is 0.0787. The third kappa shape index (κ3) is 3.83. The Labute approximate surface area is 163 Å². The van der Waals surface area contributed by atoms with Gasteiger partial charge in [-0.15, -0.1) is 0 Å². The van der Waals surface area contributed by atoms with E-state index in [4.69, 9.17) is 9.47 Å². The highest BCUT2D eigenvalue weighted by Crippen LogP contribution is 2.39. The van der Waals surface area contributed by atoms with E-state index in [1.165, 1.54) is 0 Å². The zero-order valence-corrected chi connectivity index (χ0v) is 15.4. The molecule has 0 unspecified atom stereocenters. The lowest BCUT2D eigenvalue weighted by molar-refractivity contribution is 0.304. The summed E-state index contributed by atoms with van der Waals surface area (Å²) in [5, 5.41) is 17.8. The van der Waals surface area contributed by atoms with E-state index in [0.29, 0.717) is 35.1 Å². The molecule has 0 spiro atoms. The number of para-hydroxylation sites is 1. The Bertz CT molecular complexity index is 1060. The van der Waals surface area contributed by atoms with E-state index in [1.807, 2.05) is 73.7 Å². The molecule has 0 aliphatic carbocycles. The van der Waals surface area contributed by atoms with Crippen molar-refractivity contribution in [2.45, 2.75) is 13.5 Å². The van der Waals surface area contributed by atoms with Crippen molar-refractivity contribution in [3.8, 4) is 34.3 Å². The van der Waals surface area contributed by atoms with E-state index in [-0.39, 0.29) is 5.75 Å². The van der Waals surface area contributed by atoms with Crippen molar-refractivity contribution in [1.29, 1.82) is 0 Å². The largest absolute Gasteiger partial charge is 0.507 e. The average molecular weight is 372 g/mol. The number of rotatable bonds is 6. The second-order valence-corrected chi connectivity index (χ2v) is 6.39. The second-order valence-electron chi connectivity index (χ2n) is 6.39. The molecule has 28 heavy (non-hydrogen) atoms. The molecule has 140 valence electrons. The van der Waals surface area contributed by atoms with Crippen LogP contribution in [0.5, 0.6) is 23.0 Å². The SMILES string of the molecule is Cc1[nH]nc(-c2ccc(OCc3ccccc3)cc2O)c1Oc1ccccc1. The highest BCUT2D eigenvalue weighted by atomic mass is 16.5. The van der Waals surface area contributed by atoms with Crippen LogP contribution in [0, 0.1) is 6.92 Å². The maximum Gasteiger partial charge on any atom is 0.176 e. The predicted molar refractivity (Wildman–Crippen MR) is 108 cm³/mol. The van der Waals surface area contributed by atoms with Gasteiger partial charge in [0.2, 0.25) is 0 Å². The first-order chi connectivity index (χ1) is 13.7. The van der Waals surface area contributed by atoms with E-state index in [2.05, 4.69) is 10.2 Å². The van der Waals surface area contributed by atoms with Crippen LogP contribution in [0.25, 0.3) is 11.3 Å². The van der Waals surface area contributed by atoms with Crippen molar-refractivity contribution >= 4 is 0 Å². The van der Waals surface area contributed by atoms with Gasteiger partial charge < -0.3 is 14.6 Å². The molecule has 1 aromatic heterocycles. The number of benzene rings is 3. The zero-order chi connectivity index (χ0) is 19.3. The summed E-state index contributed by atoms with van der Waals surface area (Å²) in [5.74, 6) is 1.95. The summed E-state index contributed by atoms with van der Waals surface area (Å²) in [4.78, 5) is 0. The van der Waals surface area contributed by atoms with Gasteiger partial charge in [0, 0.05) is 11.6 Å².